The van der Waals surface area contributed by atoms with Crippen molar-refractivity contribution in [2.24, 2.45) is 0 Å². The van der Waals surface area contributed by atoms with E-state index in [2.05, 4.69) is 20.9 Å². The summed E-state index contributed by atoms with van der Waals surface area (Å²) in [6, 6.07) is 7.97. The zero-order chi connectivity index (χ0) is 15.5. The molecule has 1 aliphatic heterocycles. The Labute approximate surface area is 137 Å². The third-order valence-corrected chi connectivity index (χ3v) is 4.23. The number of amides is 1. The van der Waals surface area contributed by atoms with E-state index >= 15 is 0 Å². The second-order valence-electron chi connectivity index (χ2n) is 5.14. The molecule has 1 fully saturated rings. The molecule has 0 bridgehead atoms. The van der Waals surface area contributed by atoms with Gasteiger partial charge in [-0.3, -0.25) is 4.79 Å². The van der Waals surface area contributed by atoms with E-state index in [1.807, 2.05) is 31.2 Å². The number of benzene rings is 1. The maximum Gasteiger partial charge on any atom is 0.276 e. The summed E-state index contributed by atoms with van der Waals surface area (Å²) in [5, 5.41) is 0. The highest BCUT2D eigenvalue weighted by Crippen LogP contribution is 2.25. The molecule has 1 aromatic heterocycles. The second kappa shape index (κ2) is 6.62. The van der Waals surface area contributed by atoms with E-state index in [-0.39, 0.29) is 12.0 Å². The molecular weight excluding hydrogens is 348 g/mol. The fourth-order valence-corrected chi connectivity index (χ4v) is 3.00. The van der Waals surface area contributed by atoms with Crippen LogP contribution in [0.4, 0.5) is 0 Å². The highest BCUT2D eigenvalue weighted by atomic mass is 79.9. The summed E-state index contributed by atoms with van der Waals surface area (Å²) in [6.07, 6.45) is 1.87. The summed E-state index contributed by atoms with van der Waals surface area (Å²) in [6.45, 7) is 3.55. The topological polar surface area (TPSA) is 55.6 Å². The number of morpholine rings is 1. The molecule has 0 saturated carbocycles. The van der Waals surface area contributed by atoms with Crippen LogP contribution in [0.5, 0.6) is 0 Å². The van der Waals surface area contributed by atoms with Crippen LogP contribution in [-0.4, -0.2) is 35.5 Å². The lowest BCUT2D eigenvalue weighted by Gasteiger charge is -2.33. The minimum Gasteiger partial charge on any atom is -0.448 e. The molecule has 1 aliphatic rings. The number of halogens is 1. The fraction of sp³-hybridized carbons (Fsp3) is 0.375. The van der Waals surface area contributed by atoms with Gasteiger partial charge in [-0.1, -0.05) is 35.0 Å². The van der Waals surface area contributed by atoms with Gasteiger partial charge < -0.3 is 14.1 Å². The molecule has 5 nitrogen and oxygen atoms in total. The second-order valence-corrected chi connectivity index (χ2v) is 6.06. The number of carbonyl (C=O) groups is 1. The SMILES string of the molecule is CCc1ocnc1C(=O)N1CCOC(c2cccc(Br)c2)C1. The van der Waals surface area contributed by atoms with Gasteiger partial charge in [-0.25, -0.2) is 4.98 Å². The average Bonchev–Trinajstić information content (AvgIpc) is 3.03. The van der Waals surface area contributed by atoms with Crippen molar-refractivity contribution in [2.45, 2.75) is 19.4 Å². The molecule has 1 aromatic carbocycles. The third kappa shape index (κ3) is 3.08. The monoisotopic (exact) mass is 364 g/mol. The quantitative estimate of drug-likeness (QED) is 0.838. The number of hydrogen-bond donors (Lipinski definition) is 0. The van der Waals surface area contributed by atoms with Crippen LogP contribution in [0.3, 0.4) is 0 Å². The van der Waals surface area contributed by atoms with E-state index in [0.29, 0.717) is 37.6 Å². The first-order chi connectivity index (χ1) is 10.7. The lowest BCUT2D eigenvalue weighted by Crippen LogP contribution is -2.42. The molecular formula is C16H17BrN2O3. The van der Waals surface area contributed by atoms with Gasteiger partial charge in [0.15, 0.2) is 12.1 Å². The van der Waals surface area contributed by atoms with Gasteiger partial charge >= 0.3 is 0 Å². The molecule has 2 heterocycles. The van der Waals surface area contributed by atoms with Crippen LogP contribution in [0.1, 0.15) is 34.8 Å². The average molecular weight is 365 g/mol. The van der Waals surface area contributed by atoms with E-state index < -0.39 is 0 Å². The van der Waals surface area contributed by atoms with E-state index in [4.69, 9.17) is 9.15 Å². The van der Waals surface area contributed by atoms with E-state index in [1.54, 1.807) is 4.90 Å². The van der Waals surface area contributed by atoms with Crippen LogP contribution in [0.15, 0.2) is 39.5 Å². The number of oxazole rings is 1. The Morgan fingerprint density at radius 3 is 3.14 bits per heavy atom. The number of carbonyl (C=O) groups excluding carboxylic acids is 1. The Kier molecular flexibility index (Phi) is 4.59. The lowest BCUT2D eigenvalue weighted by atomic mass is 10.1. The summed E-state index contributed by atoms with van der Waals surface area (Å²) < 4.78 is 12.1. The van der Waals surface area contributed by atoms with Gasteiger partial charge in [0.2, 0.25) is 0 Å². The summed E-state index contributed by atoms with van der Waals surface area (Å²) in [5.74, 6) is 0.546. The molecule has 0 radical (unpaired) electrons. The minimum atomic E-state index is -0.118. The van der Waals surface area contributed by atoms with E-state index in [0.717, 1.165) is 10.0 Å². The minimum absolute atomic E-state index is 0.0890. The Bertz CT molecular complexity index is 671. The first kappa shape index (κ1) is 15.2. The predicted molar refractivity (Wildman–Crippen MR) is 84.6 cm³/mol. The molecule has 2 aromatic rings. The molecule has 1 saturated heterocycles. The summed E-state index contributed by atoms with van der Waals surface area (Å²) in [5.41, 5.74) is 1.47. The molecule has 1 amide bonds. The van der Waals surface area contributed by atoms with Crippen molar-refractivity contribution in [3.8, 4) is 0 Å². The molecule has 116 valence electrons. The predicted octanol–water partition coefficient (Wildman–Crippen LogP) is 3.21. The standard InChI is InChI=1S/C16H17BrN2O3/c1-2-13-15(18-10-22-13)16(20)19-6-7-21-14(9-19)11-4-3-5-12(17)8-11/h3-5,8,10,14H,2,6-7,9H2,1H3. The van der Waals surface area contributed by atoms with Gasteiger partial charge in [-0.2, -0.15) is 0 Å². The van der Waals surface area contributed by atoms with E-state index in [1.165, 1.54) is 6.39 Å². The van der Waals surface area contributed by atoms with Crippen LogP contribution in [0.2, 0.25) is 0 Å². The first-order valence-electron chi connectivity index (χ1n) is 7.27. The molecule has 6 heteroatoms. The van der Waals surface area contributed by atoms with Crippen molar-refractivity contribution < 1.29 is 13.9 Å². The van der Waals surface area contributed by atoms with Crippen LogP contribution in [-0.2, 0) is 11.2 Å². The van der Waals surface area contributed by atoms with Crippen molar-refractivity contribution in [3.05, 3.63) is 52.1 Å². The smallest absolute Gasteiger partial charge is 0.276 e. The molecule has 0 N–H and O–H groups in total. The fourth-order valence-electron chi connectivity index (χ4n) is 2.59. The number of rotatable bonds is 3. The molecule has 1 unspecified atom stereocenters. The summed E-state index contributed by atoms with van der Waals surface area (Å²) >= 11 is 3.46. The normalized spacial score (nSPS) is 18.5. The molecule has 0 aliphatic carbocycles. The van der Waals surface area contributed by atoms with Crippen molar-refractivity contribution >= 4 is 21.8 Å². The van der Waals surface area contributed by atoms with Crippen LogP contribution < -0.4 is 0 Å². The lowest BCUT2D eigenvalue weighted by molar-refractivity contribution is -0.0230. The molecule has 22 heavy (non-hydrogen) atoms. The molecule has 1 atom stereocenters. The number of hydrogen-bond acceptors (Lipinski definition) is 4. The number of aromatic nitrogens is 1. The number of aryl methyl sites for hydroxylation is 1. The van der Waals surface area contributed by atoms with Crippen molar-refractivity contribution in [1.29, 1.82) is 0 Å². The Morgan fingerprint density at radius 2 is 2.36 bits per heavy atom. The highest BCUT2D eigenvalue weighted by molar-refractivity contribution is 9.10. The van der Waals surface area contributed by atoms with Crippen molar-refractivity contribution in [3.63, 3.8) is 0 Å². The summed E-state index contributed by atoms with van der Waals surface area (Å²) in [4.78, 5) is 18.5. The largest absolute Gasteiger partial charge is 0.448 e. The van der Waals surface area contributed by atoms with E-state index in [9.17, 15) is 4.79 Å². The Morgan fingerprint density at radius 1 is 1.50 bits per heavy atom. The first-order valence-corrected chi connectivity index (χ1v) is 8.07. The number of nitrogens with zero attached hydrogens (tertiary/aromatic N) is 2. The zero-order valence-corrected chi connectivity index (χ0v) is 13.9. The van der Waals surface area contributed by atoms with Gasteiger partial charge in [0.05, 0.1) is 13.2 Å². The zero-order valence-electron chi connectivity index (χ0n) is 12.3. The van der Waals surface area contributed by atoms with Crippen LogP contribution in [0.25, 0.3) is 0 Å². The van der Waals surface area contributed by atoms with Gasteiger partial charge in [-0.15, -0.1) is 0 Å². The van der Waals surface area contributed by atoms with Crippen molar-refractivity contribution in [2.75, 3.05) is 19.7 Å². The Balaban J connectivity index is 1.77. The maximum absolute atomic E-state index is 12.6. The highest BCUT2D eigenvalue weighted by Gasteiger charge is 2.28. The van der Waals surface area contributed by atoms with Gasteiger partial charge in [0, 0.05) is 17.4 Å². The van der Waals surface area contributed by atoms with Crippen LogP contribution in [0, 0.1) is 0 Å². The Hall–Kier alpha value is -1.66. The molecule has 0 spiro atoms. The molecule has 3 rings (SSSR count). The van der Waals surface area contributed by atoms with Gasteiger partial charge in [-0.05, 0) is 17.7 Å². The van der Waals surface area contributed by atoms with Gasteiger partial charge in [0.25, 0.3) is 5.91 Å². The third-order valence-electron chi connectivity index (χ3n) is 3.74. The van der Waals surface area contributed by atoms with Gasteiger partial charge in [0.1, 0.15) is 11.9 Å². The summed E-state index contributed by atoms with van der Waals surface area (Å²) in [7, 11) is 0. The van der Waals surface area contributed by atoms with Crippen LogP contribution >= 0.6 is 15.9 Å². The maximum atomic E-state index is 12.6. The van der Waals surface area contributed by atoms with Crippen molar-refractivity contribution in [1.82, 2.24) is 9.88 Å². The number of ether oxygens (including phenoxy) is 1.